The van der Waals surface area contributed by atoms with Gasteiger partial charge in [0.05, 0.1) is 24.8 Å². The topological polar surface area (TPSA) is 129 Å². The molecule has 4 rings (SSSR count). The summed E-state index contributed by atoms with van der Waals surface area (Å²) >= 11 is 7.12. The molecule has 10 nitrogen and oxygen atoms in total. The van der Waals surface area contributed by atoms with E-state index >= 15 is 0 Å². The molecule has 0 saturated heterocycles. The minimum Gasteiger partial charge on any atom is -0.495 e. The largest absolute Gasteiger partial charge is 0.495 e. The number of carbonyl (C=O) groups is 1. The number of nitrogens with zero attached hydrogens (tertiary/aromatic N) is 4. The molecule has 184 valence electrons. The summed E-state index contributed by atoms with van der Waals surface area (Å²) in [4.78, 5) is 12.4. The highest BCUT2D eigenvalue weighted by Crippen LogP contribution is 2.28. The van der Waals surface area contributed by atoms with E-state index in [2.05, 4.69) is 26.0 Å². The molecule has 0 aliphatic rings. The highest BCUT2D eigenvalue weighted by atomic mass is 35.5. The molecule has 3 aromatic carbocycles. The molecule has 36 heavy (non-hydrogen) atoms. The van der Waals surface area contributed by atoms with E-state index in [9.17, 15) is 4.79 Å². The van der Waals surface area contributed by atoms with Crippen molar-refractivity contribution in [1.82, 2.24) is 14.9 Å². The summed E-state index contributed by atoms with van der Waals surface area (Å²) < 4.78 is 12.3. The third kappa shape index (κ3) is 6.68. The first-order chi connectivity index (χ1) is 17.5. The van der Waals surface area contributed by atoms with E-state index in [-0.39, 0.29) is 17.6 Å². The molecular formula is C24H22ClN7O3S. The van der Waals surface area contributed by atoms with E-state index in [1.165, 1.54) is 11.8 Å². The van der Waals surface area contributed by atoms with Crippen molar-refractivity contribution in [3.8, 4) is 17.2 Å². The maximum atomic E-state index is 12.4. The predicted molar refractivity (Wildman–Crippen MR) is 142 cm³/mol. The molecule has 12 heteroatoms. The smallest absolute Gasteiger partial charge is 0.264 e. The normalized spacial score (nSPS) is 10.8. The predicted octanol–water partition coefficient (Wildman–Crippen LogP) is 4.62. The summed E-state index contributed by atoms with van der Waals surface area (Å²) in [5, 5.41) is 15.7. The van der Waals surface area contributed by atoms with Crippen molar-refractivity contribution in [2.75, 3.05) is 29.4 Å². The van der Waals surface area contributed by atoms with Crippen LogP contribution < -0.4 is 26.1 Å². The summed E-state index contributed by atoms with van der Waals surface area (Å²) in [6.45, 7) is 0. The number of anilines is 2. The summed E-state index contributed by atoms with van der Waals surface area (Å²) in [5.74, 6) is 7.94. The van der Waals surface area contributed by atoms with Crippen molar-refractivity contribution >= 4 is 47.1 Å². The van der Waals surface area contributed by atoms with Gasteiger partial charge in [0, 0.05) is 5.02 Å². The number of nitrogen functional groups attached to an aromatic ring is 1. The van der Waals surface area contributed by atoms with Gasteiger partial charge in [-0.1, -0.05) is 53.7 Å². The summed E-state index contributed by atoms with van der Waals surface area (Å²) in [6, 6.07) is 21.9. The van der Waals surface area contributed by atoms with Crippen LogP contribution >= 0.6 is 23.4 Å². The SMILES string of the molecule is COc1ccc(Cl)cc1NC(=O)CSc1nnc(N/N=C/c2cccc(Oc3ccccc3)c2)n1N. The molecule has 0 radical (unpaired) electrons. The van der Waals surface area contributed by atoms with Gasteiger partial charge in [-0.2, -0.15) is 5.10 Å². The molecule has 1 heterocycles. The molecule has 4 aromatic rings. The van der Waals surface area contributed by atoms with Crippen molar-refractivity contribution in [2.45, 2.75) is 5.16 Å². The monoisotopic (exact) mass is 523 g/mol. The van der Waals surface area contributed by atoms with Gasteiger partial charge in [-0.25, -0.2) is 10.1 Å². The van der Waals surface area contributed by atoms with Gasteiger partial charge < -0.3 is 20.6 Å². The number of thioether (sulfide) groups is 1. The number of nitrogens with two attached hydrogens (primary N) is 1. The molecule has 0 bridgehead atoms. The second kappa shape index (κ2) is 12.0. The van der Waals surface area contributed by atoms with E-state index in [4.69, 9.17) is 26.9 Å². The van der Waals surface area contributed by atoms with Gasteiger partial charge >= 0.3 is 0 Å². The van der Waals surface area contributed by atoms with Gasteiger partial charge in [0.25, 0.3) is 5.95 Å². The van der Waals surface area contributed by atoms with Crippen LogP contribution in [0.2, 0.25) is 5.02 Å². The van der Waals surface area contributed by atoms with Gasteiger partial charge in [-0.05, 0) is 48.0 Å². The van der Waals surface area contributed by atoms with Gasteiger partial charge in [-0.15, -0.1) is 10.2 Å². The summed E-state index contributed by atoms with van der Waals surface area (Å²) in [5.41, 5.74) is 4.03. The molecule has 4 N–H and O–H groups in total. The lowest BCUT2D eigenvalue weighted by atomic mass is 10.2. The number of hydrogen-bond acceptors (Lipinski definition) is 9. The lowest BCUT2D eigenvalue weighted by molar-refractivity contribution is -0.113. The lowest BCUT2D eigenvalue weighted by Gasteiger charge is -2.10. The van der Waals surface area contributed by atoms with Gasteiger partial charge in [0.15, 0.2) is 0 Å². The minimum absolute atomic E-state index is 0.0441. The van der Waals surface area contributed by atoms with E-state index < -0.39 is 0 Å². The third-order valence-corrected chi connectivity index (χ3v) is 5.83. The zero-order valence-electron chi connectivity index (χ0n) is 19.1. The molecule has 0 spiro atoms. The van der Waals surface area contributed by atoms with E-state index in [1.54, 1.807) is 24.4 Å². The highest BCUT2D eigenvalue weighted by molar-refractivity contribution is 7.99. The standard InChI is InChI=1S/C24H22ClN7O3S/c1-34-21-11-10-17(25)13-20(21)28-22(33)15-36-24-31-30-23(32(24)26)29-27-14-16-6-5-9-19(12-16)35-18-7-3-2-4-8-18/h2-14H,15,26H2,1H3,(H,28,33)(H,29,30)/b27-14+. The maximum Gasteiger partial charge on any atom is 0.264 e. The number of para-hydroxylation sites is 1. The van der Waals surface area contributed by atoms with Crippen molar-refractivity contribution < 1.29 is 14.3 Å². The summed E-state index contributed by atoms with van der Waals surface area (Å²) in [7, 11) is 1.51. The Kier molecular flexibility index (Phi) is 8.27. The van der Waals surface area contributed by atoms with E-state index in [0.717, 1.165) is 23.1 Å². The number of ether oxygens (including phenoxy) is 2. The molecule has 0 atom stereocenters. The van der Waals surface area contributed by atoms with Crippen molar-refractivity contribution in [1.29, 1.82) is 0 Å². The van der Waals surface area contributed by atoms with Gasteiger partial charge in [0.2, 0.25) is 11.1 Å². The number of benzene rings is 3. The Bertz CT molecular complexity index is 1370. The van der Waals surface area contributed by atoms with E-state index in [1.807, 2.05) is 54.6 Å². The molecule has 1 amide bonds. The molecule has 0 saturated carbocycles. The highest BCUT2D eigenvalue weighted by Gasteiger charge is 2.13. The van der Waals surface area contributed by atoms with Crippen LogP contribution in [0.3, 0.4) is 0 Å². The molecular weight excluding hydrogens is 502 g/mol. The zero-order chi connectivity index (χ0) is 25.3. The van der Waals surface area contributed by atoms with Crippen LogP contribution in [-0.4, -0.2) is 39.9 Å². The van der Waals surface area contributed by atoms with Crippen LogP contribution in [0.4, 0.5) is 11.6 Å². The van der Waals surface area contributed by atoms with Crippen LogP contribution in [0.1, 0.15) is 5.56 Å². The van der Waals surface area contributed by atoms with Crippen LogP contribution in [0, 0.1) is 0 Å². The third-order valence-electron chi connectivity index (χ3n) is 4.65. The Morgan fingerprint density at radius 3 is 2.72 bits per heavy atom. The maximum absolute atomic E-state index is 12.4. The number of nitrogens with one attached hydrogen (secondary N) is 2. The average Bonchev–Trinajstić information content (AvgIpc) is 3.23. The molecule has 0 unspecified atom stereocenters. The Labute approximate surface area is 216 Å². The Morgan fingerprint density at radius 2 is 1.92 bits per heavy atom. The van der Waals surface area contributed by atoms with Crippen LogP contribution in [0.25, 0.3) is 0 Å². The van der Waals surface area contributed by atoms with Crippen LogP contribution in [0.15, 0.2) is 83.1 Å². The fourth-order valence-corrected chi connectivity index (χ4v) is 3.82. The quantitative estimate of drug-likeness (QED) is 0.119. The van der Waals surface area contributed by atoms with Crippen LogP contribution in [-0.2, 0) is 4.79 Å². The average molecular weight is 524 g/mol. The first kappa shape index (κ1) is 24.9. The van der Waals surface area contributed by atoms with Crippen LogP contribution in [0.5, 0.6) is 17.2 Å². The number of aromatic nitrogens is 3. The minimum atomic E-state index is -0.284. The number of hydrazone groups is 1. The number of rotatable bonds is 10. The Morgan fingerprint density at radius 1 is 1.11 bits per heavy atom. The number of methoxy groups -OCH3 is 1. The van der Waals surface area contributed by atoms with Crippen molar-refractivity contribution in [3.05, 3.63) is 83.4 Å². The van der Waals surface area contributed by atoms with Gasteiger partial charge in [-0.3, -0.25) is 4.79 Å². The Balaban J connectivity index is 1.31. The second-order valence-corrected chi connectivity index (χ2v) is 8.59. The number of halogens is 1. The zero-order valence-corrected chi connectivity index (χ0v) is 20.7. The van der Waals surface area contributed by atoms with Crippen molar-refractivity contribution in [3.63, 3.8) is 0 Å². The number of carbonyl (C=O) groups excluding carboxylic acids is 1. The molecule has 0 aliphatic heterocycles. The first-order valence-corrected chi connectivity index (χ1v) is 12.0. The number of hydrogen-bond donors (Lipinski definition) is 3. The first-order valence-electron chi connectivity index (χ1n) is 10.6. The molecule has 0 fully saturated rings. The lowest BCUT2D eigenvalue weighted by Crippen LogP contribution is -2.17. The Hall–Kier alpha value is -4.22. The van der Waals surface area contributed by atoms with Gasteiger partial charge in [0.1, 0.15) is 17.2 Å². The summed E-state index contributed by atoms with van der Waals surface area (Å²) in [6.07, 6.45) is 1.60. The number of amides is 1. The molecule has 0 aliphatic carbocycles. The fourth-order valence-electron chi connectivity index (χ4n) is 2.99. The second-order valence-electron chi connectivity index (χ2n) is 7.22. The fraction of sp³-hybridized carbons (Fsp3) is 0.0833. The van der Waals surface area contributed by atoms with Crippen molar-refractivity contribution in [2.24, 2.45) is 5.10 Å². The molecule has 1 aromatic heterocycles. The van der Waals surface area contributed by atoms with E-state index in [0.29, 0.717) is 27.4 Å².